The fraction of sp³-hybridized carbons (Fsp3) is 0.385. The Morgan fingerprint density at radius 2 is 2.11 bits per heavy atom. The van der Waals surface area contributed by atoms with Gasteiger partial charge in [-0.05, 0) is 37.0 Å². The number of likely N-dealkylation sites (N-methyl/N-ethyl adjacent to an activating group) is 1. The summed E-state index contributed by atoms with van der Waals surface area (Å²) in [6.45, 7) is 4.31. The van der Waals surface area contributed by atoms with Crippen LogP contribution in [0, 0.1) is 0 Å². The van der Waals surface area contributed by atoms with Crippen molar-refractivity contribution in [2.75, 3.05) is 38.1 Å². The second-order valence-corrected chi connectivity index (χ2v) is 5.06. The number of benzene rings is 1. The molecule has 0 aliphatic carbocycles. The molecule has 102 valence electrons. The van der Waals surface area contributed by atoms with Crippen LogP contribution >= 0.6 is 12.2 Å². The summed E-state index contributed by atoms with van der Waals surface area (Å²) < 4.78 is 0. The van der Waals surface area contributed by atoms with Crippen LogP contribution in [0.4, 0.5) is 5.69 Å². The van der Waals surface area contributed by atoms with Crippen LogP contribution in [0.5, 0.6) is 0 Å². The first-order valence-electron chi connectivity index (χ1n) is 6.27. The molecule has 0 radical (unpaired) electrons. The Morgan fingerprint density at radius 1 is 1.37 bits per heavy atom. The summed E-state index contributed by atoms with van der Waals surface area (Å²) in [6.07, 6.45) is 1.72. The maximum Gasteiger partial charge on any atom is 0.184 e. The zero-order valence-electron chi connectivity index (χ0n) is 11.0. The van der Waals surface area contributed by atoms with E-state index in [9.17, 15) is 0 Å². The van der Waals surface area contributed by atoms with Gasteiger partial charge in [0.05, 0.1) is 6.21 Å². The molecule has 0 bridgehead atoms. The number of hydrogen-bond acceptors (Lipinski definition) is 4. The maximum absolute atomic E-state index is 5.31. The van der Waals surface area contributed by atoms with Gasteiger partial charge in [-0.15, -0.1) is 0 Å². The van der Waals surface area contributed by atoms with E-state index in [1.54, 1.807) is 6.21 Å². The molecule has 1 aliphatic rings. The van der Waals surface area contributed by atoms with Crippen molar-refractivity contribution in [1.29, 1.82) is 0 Å². The summed E-state index contributed by atoms with van der Waals surface area (Å²) in [7, 11) is 2.15. The summed E-state index contributed by atoms with van der Waals surface area (Å²) in [5.74, 6) is 0. The predicted octanol–water partition coefficient (Wildman–Crippen LogP) is 0.606. The third-order valence-electron chi connectivity index (χ3n) is 3.13. The first-order valence-corrected chi connectivity index (χ1v) is 6.68. The average molecular weight is 277 g/mol. The number of hydrogen-bond donors (Lipinski definition) is 2. The van der Waals surface area contributed by atoms with Gasteiger partial charge in [0.15, 0.2) is 5.11 Å². The molecule has 6 heteroatoms. The van der Waals surface area contributed by atoms with Gasteiger partial charge in [0.1, 0.15) is 0 Å². The highest BCUT2D eigenvalue weighted by Gasteiger charge is 2.13. The van der Waals surface area contributed by atoms with E-state index in [0.29, 0.717) is 0 Å². The van der Waals surface area contributed by atoms with Gasteiger partial charge in [-0.2, -0.15) is 5.10 Å². The van der Waals surface area contributed by atoms with E-state index in [4.69, 9.17) is 18.0 Å². The highest BCUT2D eigenvalue weighted by atomic mass is 32.1. The monoisotopic (exact) mass is 277 g/mol. The van der Waals surface area contributed by atoms with Gasteiger partial charge in [0.2, 0.25) is 0 Å². The highest BCUT2D eigenvalue weighted by Crippen LogP contribution is 2.17. The van der Waals surface area contributed by atoms with Crippen LogP contribution in [0.25, 0.3) is 0 Å². The molecule has 2 rings (SSSR count). The fourth-order valence-corrected chi connectivity index (χ4v) is 2.09. The topological polar surface area (TPSA) is 56.9 Å². The Labute approximate surface area is 119 Å². The van der Waals surface area contributed by atoms with Crippen molar-refractivity contribution in [3.8, 4) is 0 Å². The number of piperazine rings is 1. The van der Waals surface area contributed by atoms with Crippen LogP contribution in [0.2, 0.25) is 0 Å². The molecule has 1 fully saturated rings. The van der Waals surface area contributed by atoms with E-state index >= 15 is 0 Å². The third-order valence-corrected chi connectivity index (χ3v) is 3.22. The molecule has 1 aromatic carbocycles. The Bertz CT molecular complexity index is 466. The largest absolute Gasteiger partial charge is 0.375 e. The van der Waals surface area contributed by atoms with Crippen LogP contribution in [0.1, 0.15) is 5.56 Å². The molecule has 1 aromatic rings. The second kappa shape index (κ2) is 6.49. The lowest BCUT2D eigenvalue weighted by atomic mass is 10.2. The molecule has 0 aromatic heterocycles. The molecule has 0 spiro atoms. The normalized spacial score (nSPS) is 16.8. The minimum atomic E-state index is 0.173. The number of hydrazone groups is 1. The molecule has 0 saturated carbocycles. The zero-order chi connectivity index (χ0) is 13.7. The Morgan fingerprint density at radius 3 is 2.79 bits per heavy atom. The third kappa shape index (κ3) is 4.18. The van der Waals surface area contributed by atoms with E-state index < -0.39 is 0 Å². The molecule has 19 heavy (non-hydrogen) atoms. The summed E-state index contributed by atoms with van der Waals surface area (Å²) in [4.78, 5) is 4.73. The quantitative estimate of drug-likeness (QED) is 0.481. The van der Waals surface area contributed by atoms with E-state index in [1.807, 2.05) is 12.1 Å². The predicted molar refractivity (Wildman–Crippen MR) is 83.7 cm³/mol. The highest BCUT2D eigenvalue weighted by molar-refractivity contribution is 7.80. The number of nitrogens with zero attached hydrogens (tertiary/aromatic N) is 3. The Hall–Kier alpha value is -1.66. The number of nitrogens with two attached hydrogens (primary N) is 1. The van der Waals surface area contributed by atoms with Gasteiger partial charge < -0.3 is 15.5 Å². The number of thiocarbonyl (C=S) groups is 1. The molecule has 1 saturated heterocycles. The van der Waals surface area contributed by atoms with Crippen molar-refractivity contribution >= 4 is 29.2 Å². The van der Waals surface area contributed by atoms with Crippen LogP contribution in [-0.4, -0.2) is 49.5 Å². The lowest BCUT2D eigenvalue weighted by Crippen LogP contribution is -2.44. The van der Waals surface area contributed by atoms with E-state index in [0.717, 1.165) is 31.7 Å². The van der Waals surface area contributed by atoms with Gasteiger partial charge in [-0.1, -0.05) is 12.1 Å². The van der Waals surface area contributed by atoms with Crippen LogP contribution in [0.15, 0.2) is 29.4 Å². The van der Waals surface area contributed by atoms with Crippen molar-refractivity contribution in [3.05, 3.63) is 29.8 Å². The van der Waals surface area contributed by atoms with Crippen molar-refractivity contribution < 1.29 is 0 Å². The molecule has 1 aliphatic heterocycles. The first kappa shape index (κ1) is 13.8. The Kier molecular flexibility index (Phi) is 4.70. The van der Waals surface area contributed by atoms with Crippen LogP contribution in [0.3, 0.4) is 0 Å². The van der Waals surface area contributed by atoms with Gasteiger partial charge in [-0.3, -0.25) is 5.43 Å². The maximum atomic E-state index is 5.31. The van der Waals surface area contributed by atoms with Gasteiger partial charge >= 0.3 is 0 Å². The minimum absolute atomic E-state index is 0.173. The smallest absolute Gasteiger partial charge is 0.184 e. The van der Waals surface area contributed by atoms with Crippen molar-refractivity contribution in [1.82, 2.24) is 10.3 Å². The molecular weight excluding hydrogens is 258 g/mol. The van der Waals surface area contributed by atoms with E-state index in [1.165, 1.54) is 5.69 Å². The molecular formula is C13H19N5S. The summed E-state index contributed by atoms with van der Waals surface area (Å²) in [5, 5.41) is 4.14. The molecule has 1 heterocycles. The van der Waals surface area contributed by atoms with Crippen LogP contribution in [-0.2, 0) is 0 Å². The molecule has 3 N–H and O–H groups in total. The van der Waals surface area contributed by atoms with Gasteiger partial charge in [0.25, 0.3) is 0 Å². The van der Waals surface area contributed by atoms with Gasteiger partial charge in [-0.25, -0.2) is 0 Å². The lowest BCUT2D eigenvalue weighted by molar-refractivity contribution is 0.313. The van der Waals surface area contributed by atoms with Crippen LogP contribution < -0.4 is 16.1 Å². The van der Waals surface area contributed by atoms with Crippen molar-refractivity contribution in [2.45, 2.75) is 0 Å². The molecule has 5 nitrogen and oxygen atoms in total. The standard InChI is InChI=1S/C13H19N5S/c1-17-5-7-18(8-6-17)12-4-2-3-11(9-12)10-15-16-13(14)19/h2-4,9-10H,5-8H2,1H3,(H3,14,16,19). The van der Waals surface area contributed by atoms with E-state index in [2.05, 4.69) is 39.5 Å². The first-order chi connectivity index (χ1) is 9.15. The SMILES string of the molecule is CN1CCN(c2cccc(C=NNC(N)=S)c2)CC1. The molecule has 0 atom stereocenters. The van der Waals surface area contributed by atoms with Crippen molar-refractivity contribution in [2.24, 2.45) is 10.8 Å². The molecule has 0 amide bonds. The Balaban J connectivity index is 2.02. The number of nitrogens with one attached hydrogen (secondary N) is 1. The molecule has 0 unspecified atom stereocenters. The second-order valence-electron chi connectivity index (χ2n) is 4.62. The number of anilines is 1. The number of rotatable bonds is 3. The van der Waals surface area contributed by atoms with Crippen molar-refractivity contribution in [3.63, 3.8) is 0 Å². The zero-order valence-corrected chi connectivity index (χ0v) is 11.9. The minimum Gasteiger partial charge on any atom is -0.375 e. The fourth-order valence-electron chi connectivity index (χ4n) is 2.04. The summed E-state index contributed by atoms with van der Waals surface area (Å²) in [6, 6.07) is 8.29. The van der Waals surface area contributed by atoms with Gasteiger partial charge in [0, 0.05) is 31.9 Å². The lowest BCUT2D eigenvalue weighted by Gasteiger charge is -2.34. The summed E-state index contributed by atoms with van der Waals surface area (Å²) >= 11 is 4.69. The summed E-state index contributed by atoms with van der Waals surface area (Å²) in [5.41, 5.74) is 10.1. The average Bonchev–Trinajstić information content (AvgIpc) is 2.39. The van der Waals surface area contributed by atoms with E-state index in [-0.39, 0.29) is 5.11 Å².